The number of aryl methyl sites for hydroxylation is 1. The van der Waals surface area contributed by atoms with Gasteiger partial charge in [-0.05, 0) is 42.0 Å². The Bertz CT molecular complexity index is 592. The van der Waals surface area contributed by atoms with Gasteiger partial charge in [0, 0.05) is 6.54 Å². The average Bonchev–Trinajstić information content (AvgIpc) is 2.78. The number of nitrogens with two attached hydrogens (primary N) is 1. The van der Waals surface area contributed by atoms with Crippen molar-refractivity contribution < 1.29 is 4.79 Å². The highest BCUT2D eigenvalue weighted by Gasteiger charge is 2.13. The van der Waals surface area contributed by atoms with Crippen molar-refractivity contribution in [3.05, 3.63) is 56.2 Å². The van der Waals surface area contributed by atoms with Crippen LogP contribution in [-0.4, -0.2) is 12.5 Å². The highest BCUT2D eigenvalue weighted by Crippen LogP contribution is 2.26. The molecule has 1 aromatic carbocycles. The first kappa shape index (κ1) is 15.0. The molecule has 0 fully saturated rings. The van der Waals surface area contributed by atoms with E-state index in [-0.39, 0.29) is 5.91 Å². The van der Waals surface area contributed by atoms with E-state index in [1.807, 2.05) is 36.6 Å². The second-order valence-corrected chi connectivity index (χ2v) is 5.86. The lowest BCUT2D eigenvalue weighted by atomic mass is 10.1. The lowest BCUT2D eigenvalue weighted by Gasteiger charge is -2.06. The molecule has 0 unspecified atom stereocenters. The monoisotopic (exact) mass is 308 g/mol. The summed E-state index contributed by atoms with van der Waals surface area (Å²) in [6.07, 6.45) is 0.872. The summed E-state index contributed by atoms with van der Waals surface area (Å²) in [6.45, 7) is 3.03. The first-order valence-corrected chi connectivity index (χ1v) is 7.67. The fourth-order valence-corrected chi connectivity index (χ4v) is 3.03. The molecule has 0 saturated heterocycles. The lowest BCUT2D eigenvalue weighted by Crippen LogP contribution is -2.22. The SMILES string of the molecule is Cc1csc(C(=O)NCc2ccc(CCN)cc2)c1Cl. The van der Waals surface area contributed by atoms with E-state index in [9.17, 15) is 4.79 Å². The van der Waals surface area contributed by atoms with Crippen LogP contribution in [0, 0.1) is 6.92 Å². The molecule has 106 valence electrons. The summed E-state index contributed by atoms with van der Waals surface area (Å²) in [5.74, 6) is -0.126. The molecule has 0 atom stereocenters. The van der Waals surface area contributed by atoms with Crippen LogP contribution in [0.4, 0.5) is 0 Å². The standard InChI is InChI=1S/C15H17ClN2OS/c1-10-9-20-14(13(10)16)15(19)18-8-12-4-2-11(3-5-12)6-7-17/h2-5,9H,6-8,17H2,1H3,(H,18,19). The van der Waals surface area contributed by atoms with Crippen molar-refractivity contribution in [3.63, 3.8) is 0 Å². The number of rotatable bonds is 5. The topological polar surface area (TPSA) is 55.1 Å². The molecule has 3 N–H and O–H groups in total. The number of carbonyl (C=O) groups is 1. The van der Waals surface area contributed by atoms with Gasteiger partial charge in [-0.3, -0.25) is 4.79 Å². The van der Waals surface area contributed by atoms with Gasteiger partial charge >= 0.3 is 0 Å². The maximum atomic E-state index is 12.0. The van der Waals surface area contributed by atoms with Crippen LogP contribution in [0.15, 0.2) is 29.6 Å². The van der Waals surface area contributed by atoms with Gasteiger partial charge in [0.05, 0.1) is 5.02 Å². The van der Waals surface area contributed by atoms with E-state index in [4.69, 9.17) is 17.3 Å². The zero-order valence-electron chi connectivity index (χ0n) is 11.3. The summed E-state index contributed by atoms with van der Waals surface area (Å²) in [7, 11) is 0. The molecule has 0 aliphatic rings. The lowest BCUT2D eigenvalue weighted by molar-refractivity contribution is 0.0955. The van der Waals surface area contributed by atoms with Crippen LogP contribution in [0.5, 0.6) is 0 Å². The zero-order chi connectivity index (χ0) is 14.5. The summed E-state index contributed by atoms with van der Waals surface area (Å²) in [6, 6.07) is 8.09. The molecule has 1 amide bonds. The van der Waals surface area contributed by atoms with Gasteiger partial charge < -0.3 is 11.1 Å². The van der Waals surface area contributed by atoms with Gasteiger partial charge in [-0.2, -0.15) is 0 Å². The summed E-state index contributed by atoms with van der Waals surface area (Å²) in [4.78, 5) is 12.6. The number of amides is 1. The van der Waals surface area contributed by atoms with Gasteiger partial charge in [0.25, 0.3) is 5.91 Å². The highest BCUT2D eigenvalue weighted by atomic mass is 35.5. The summed E-state index contributed by atoms with van der Waals surface area (Å²) >= 11 is 7.45. The summed E-state index contributed by atoms with van der Waals surface area (Å²) in [5.41, 5.74) is 8.71. The van der Waals surface area contributed by atoms with Gasteiger partial charge in [-0.25, -0.2) is 0 Å². The molecule has 1 aromatic heterocycles. The molecule has 0 aliphatic carbocycles. The molecule has 0 saturated carbocycles. The predicted molar refractivity (Wildman–Crippen MR) is 84.4 cm³/mol. The number of thiophene rings is 1. The highest BCUT2D eigenvalue weighted by molar-refractivity contribution is 7.13. The largest absolute Gasteiger partial charge is 0.347 e. The van der Waals surface area contributed by atoms with Gasteiger partial charge in [0.1, 0.15) is 4.88 Å². The molecule has 1 heterocycles. The third kappa shape index (κ3) is 3.60. The molecule has 2 rings (SSSR count). The molecule has 0 spiro atoms. The Hall–Kier alpha value is -1.36. The molecule has 2 aromatic rings. The van der Waals surface area contributed by atoms with Crippen molar-refractivity contribution in [1.82, 2.24) is 5.32 Å². The molecule has 20 heavy (non-hydrogen) atoms. The van der Waals surface area contributed by atoms with Crippen LogP contribution in [-0.2, 0) is 13.0 Å². The van der Waals surface area contributed by atoms with Gasteiger partial charge in [0.15, 0.2) is 0 Å². The van der Waals surface area contributed by atoms with Crippen molar-refractivity contribution >= 4 is 28.8 Å². The van der Waals surface area contributed by atoms with Crippen molar-refractivity contribution in [1.29, 1.82) is 0 Å². The van der Waals surface area contributed by atoms with E-state index >= 15 is 0 Å². The Morgan fingerprint density at radius 3 is 2.50 bits per heavy atom. The van der Waals surface area contributed by atoms with Gasteiger partial charge in [-0.1, -0.05) is 35.9 Å². The first-order valence-electron chi connectivity index (χ1n) is 6.41. The minimum absolute atomic E-state index is 0.126. The number of benzene rings is 1. The van der Waals surface area contributed by atoms with E-state index in [1.54, 1.807) is 0 Å². The number of nitrogens with one attached hydrogen (secondary N) is 1. The Morgan fingerprint density at radius 2 is 1.95 bits per heavy atom. The quantitative estimate of drug-likeness (QED) is 0.891. The normalized spacial score (nSPS) is 10.6. The van der Waals surface area contributed by atoms with Crippen molar-refractivity contribution in [2.45, 2.75) is 19.9 Å². The predicted octanol–water partition coefficient (Wildman–Crippen LogP) is 3.14. The molecule has 5 heteroatoms. The van der Waals surface area contributed by atoms with E-state index in [0.29, 0.717) is 23.0 Å². The smallest absolute Gasteiger partial charge is 0.263 e. The Balaban J connectivity index is 1.95. The Kier molecular flexibility index (Phi) is 5.17. The second-order valence-electron chi connectivity index (χ2n) is 4.60. The van der Waals surface area contributed by atoms with Crippen LogP contribution in [0.2, 0.25) is 5.02 Å². The van der Waals surface area contributed by atoms with Gasteiger partial charge in [0.2, 0.25) is 0 Å². The van der Waals surface area contributed by atoms with E-state index in [0.717, 1.165) is 17.5 Å². The maximum Gasteiger partial charge on any atom is 0.263 e. The number of carbonyl (C=O) groups excluding carboxylic acids is 1. The number of hydrogen-bond donors (Lipinski definition) is 2. The Morgan fingerprint density at radius 1 is 1.30 bits per heavy atom. The van der Waals surface area contributed by atoms with Crippen LogP contribution < -0.4 is 11.1 Å². The maximum absolute atomic E-state index is 12.0. The summed E-state index contributed by atoms with van der Waals surface area (Å²) in [5, 5.41) is 5.32. The average molecular weight is 309 g/mol. The fourth-order valence-electron chi connectivity index (χ4n) is 1.84. The van der Waals surface area contributed by atoms with Crippen LogP contribution >= 0.6 is 22.9 Å². The third-order valence-electron chi connectivity index (χ3n) is 3.01. The van der Waals surface area contributed by atoms with Crippen LogP contribution in [0.25, 0.3) is 0 Å². The van der Waals surface area contributed by atoms with E-state index in [2.05, 4.69) is 5.32 Å². The summed E-state index contributed by atoms with van der Waals surface area (Å²) < 4.78 is 0. The number of hydrogen-bond acceptors (Lipinski definition) is 3. The van der Waals surface area contributed by atoms with Crippen molar-refractivity contribution in [2.75, 3.05) is 6.54 Å². The molecule has 3 nitrogen and oxygen atoms in total. The molecule has 0 aliphatic heterocycles. The van der Waals surface area contributed by atoms with Crippen molar-refractivity contribution in [3.8, 4) is 0 Å². The molecule has 0 radical (unpaired) electrons. The molecular formula is C15H17ClN2OS. The Labute approximate surface area is 127 Å². The van der Waals surface area contributed by atoms with Gasteiger partial charge in [-0.15, -0.1) is 11.3 Å². The van der Waals surface area contributed by atoms with Crippen LogP contribution in [0.3, 0.4) is 0 Å². The zero-order valence-corrected chi connectivity index (χ0v) is 12.9. The molecule has 0 bridgehead atoms. The van der Waals surface area contributed by atoms with Crippen LogP contribution in [0.1, 0.15) is 26.4 Å². The third-order valence-corrected chi connectivity index (χ3v) is 4.71. The second kappa shape index (κ2) is 6.88. The minimum atomic E-state index is -0.126. The number of halogens is 1. The molecular weight excluding hydrogens is 292 g/mol. The van der Waals surface area contributed by atoms with E-state index < -0.39 is 0 Å². The van der Waals surface area contributed by atoms with E-state index in [1.165, 1.54) is 16.9 Å². The fraction of sp³-hybridized carbons (Fsp3) is 0.267. The van der Waals surface area contributed by atoms with Crippen molar-refractivity contribution in [2.24, 2.45) is 5.73 Å². The first-order chi connectivity index (χ1) is 9.61. The minimum Gasteiger partial charge on any atom is -0.347 e.